The molecule has 1 saturated heterocycles. The van der Waals surface area contributed by atoms with Gasteiger partial charge in [-0.1, -0.05) is 6.92 Å². The number of carbonyl (C=O) groups is 2. The highest BCUT2D eigenvalue weighted by molar-refractivity contribution is 9.10. The SMILES string of the molecule is CCN1C2CCC13OC(=O)/C=C/C(=O)OC3=C(c1sccc1Br)C2. The Morgan fingerprint density at radius 2 is 2.17 bits per heavy atom. The van der Waals surface area contributed by atoms with Crippen molar-refractivity contribution >= 4 is 44.8 Å². The third-order valence-corrected chi connectivity index (χ3v) is 6.75. The number of ether oxygens (including phenoxy) is 2. The van der Waals surface area contributed by atoms with Crippen LogP contribution in [0.3, 0.4) is 0 Å². The number of esters is 2. The molecule has 24 heavy (non-hydrogen) atoms. The number of fused-ring (bicyclic) bond motifs is 1. The Kier molecular flexibility index (Phi) is 3.89. The summed E-state index contributed by atoms with van der Waals surface area (Å²) < 4.78 is 12.5. The number of hydrogen-bond acceptors (Lipinski definition) is 6. The monoisotopic (exact) mass is 409 g/mol. The summed E-state index contributed by atoms with van der Waals surface area (Å²) in [6.07, 6.45) is 4.59. The summed E-state index contributed by atoms with van der Waals surface area (Å²) in [5.74, 6) is -0.564. The maximum atomic E-state index is 12.2. The predicted molar refractivity (Wildman–Crippen MR) is 93.0 cm³/mol. The van der Waals surface area contributed by atoms with Crippen LogP contribution < -0.4 is 0 Å². The fourth-order valence-electron chi connectivity index (χ4n) is 3.96. The number of thiophene rings is 1. The third-order valence-electron chi connectivity index (χ3n) is 4.85. The molecule has 1 aromatic heterocycles. The van der Waals surface area contributed by atoms with Gasteiger partial charge in [-0.2, -0.15) is 0 Å². The Balaban J connectivity index is 1.95. The molecule has 1 spiro atoms. The number of carbonyl (C=O) groups excluding carboxylic acids is 2. The molecule has 0 amide bonds. The van der Waals surface area contributed by atoms with Crippen molar-refractivity contribution in [2.45, 2.75) is 38.0 Å². The van der Waals surface area contributed by atoms with E-state index < -0.39 is 17.7 Å². The van der Waals surface area contributed by atoms with Crippen molar-refractivity contribution in [1.29, 1.82) is 0 Å². The molecular formula is C17H16BrNO4S. The van der Waals surface area contributed by atoms with E-state index >= 15 is 0 Å². The van der Waals surface area contributed by atoms with Crippen molar-refractivity contribution in [3.05, 3.63) is 38.7 Å². The number of hydrogen-bond donors (Lipinski definition) is 0. The Morgan fingerprint density at radius 1 is 1.38 bits per heavy atom. The largest absolute Gasteiger partial charge is 0.433 e. The van der Waals surface area contributed by atoms with Gasteiger partial charge in [0, 0.05) is 39.5 Å². The second-order valence-electron chi connectivity index (χ2n) is 6.05. The lowest BCUT2D eigenvalue weighted by atomic mass is 9.95. The van der Waals surface area contributed by atoms with E-state index in [1.165, 1.54) is 0 Å². The van der Waals surface area contributed by atoms with Gasteiger partial charge in [0.2, 0.25) is 5.72 Å². The molecule has 4 heterocycles. The van der Waals surface area contributed by atoms with Crippen molar-refractivity contribution in [2.75, 3.05) is 6.54 Å². The van der Waals surface area contributed by atoms with Gasteiger partial charge in [0.25, 0.3) is 0 Å². The minimum Gasteiger partial charge on any atom is -0.433 e. The smallest absolute Gasteiger partial charge is 0.336 e. The maximum absolute atomic E-state index is 12.2. The molecule has 1 aromatic rings. The first kappa shape index (κ1) is 16.1. The van der Waals surface area contributed by atoms with Gasteiger partial charge in [-0.05, 0) is 46.8 Å². The second kappa shape index (κ2) is 5.82. The molecule has 0 aliphatic carbocycles. The van der Waals surface area contributed by atoms with Gasteiger partial charge in [-0.15, -0.1) is 11.3 Å². The first-order chi connectivity index (χ1) is 11.5. The number of halogens is 1. The first-order valence-electron chi connectivity index (χ1n) is 7.91. The van der Waals surface area contributed by atoms with E-state index in [2.05, 4.69) is 20.8 Å². The topological polar surface area (TPSA) is 55.8 Å². The first-order valence-corrected chi connectivity index (χ1v) is 9.59. The number of rotatable bonds is 2. The summed E-state index contributed by atoms with van der Waals surface area (Å²) in [6, 6.07) is 2.25. The molecular weight excluding hydrogens is 394 g/mol. The quantitative estimate of drug-likeness (QED) is 0.699. The average molecular weight is 410 g/mol. The van der Waals surface area contributed by atoms with E-state index in [9.17, 15) is 9.59 Å². The summed E-state index contributed by atoms with van der Waals surface area (Å²) in [6.45, 7) is 2.76. The van der Waals surface area contributed by atoms with Crippen LogP contribution in [0.15, 0.2) is 33.8 Å². The van der Waals surface area contributed by atoms with Crippen LogP contribution in [0, 0.1) is 0 Å². The van der Waals surface area contributed by atoms with E-state index in [1.54, 1.807) is 11.3 Å². The number of likely N-dealkylation sites (N-methyl/N-ethyl adjacent to an activating group) is 1. The molecule has 3 aliphatic heterocycles. The predicted octanol–water partition coefficient (Wildman–Crippen LogP) is 3.46. The van der Waals surface area contributed by atoms with Crippen LogP contribution >= 0.6 is 27.3 Å². The van der Waals surface area contributed by atoms with Gasteiger partial charge in [-0.25, -0.2) is 9.59 Å². The van der Waals surface area contributed by atoms with Crippen molar-refractivity contribution < 1.29 is 19.1 Å². The lowest BCUT2D eigenvalue weighted by molar-refractivity contribution is -0.180. The zero-order valence-electron chi connectivity index (χ0n) is 13.1. The fourth-order valence-corrected chi connectivity index (χ4v) is 5.63. The Morgan fingerprint density at radius 3 is 2.88 bits per heavy atom. The van der Waals surface area contributed by atoms with E-state index in [-0.39, 0.29) is 6.04 Å². The minimum atomic E-state index is -0.978. The van der Waals surface area contributed by atoms with E-state index in [0.29, 0.717) is 12.2 Å². The summed E-state index contributed by atoms with van der Waals surface area (Å²) in [5, 5.41) is 1.99. The highest BCUT2D eigenvalue weighted by Crippen LogP contribution is 2.52. The summed E-state index contributed by atoms with van der Waals surface area (Å²) in [4.78, 5) is 27.5. The fraction of sp³-hybridized carbons (Fsp3) is 0.412. The van der Waals surface area contributed by atoms with Crippen LogP contribution in [0.5, 0.6) is 0 Å². The highest BCUT2D eigenvalue weighted by Gasteiger charge is 2.58. The van der Waals surface area contributed by atoms with E-state index in [1.807, 2.05) is 18.4 Å². The molecule has 126 valence electrons. The minimum absolute atomic E-state index is 0.276. The van der Waals surface area contributed by atoms with Crippen molar-refractivity contribution in [2.24, 2.45) is 0 Å². The van der Waals surface area contributed by atoms with Crippen LogP contribution in [0.1, 0.15) is 31.1 Å². The summed E-state index contributed by atoms with van der Waals surface area (Å²) in [5.41, 5.74) is -0.0194. The second-order valence-corrected chi connectivity index (χ2v) is 7.82. The molecule has 0 N–H and O–H groups in total. The Bertz CT molecular complexity index is 783. The third kappa shape index (κ3) is 2.29. The van der Waals surface area contributed by atoms with E-state index in [4.69, 9.17) is 9.47 Å². The van der Waals surface area contributed by atoms with Crippen LogP contribution in [-0.2, 0) is 19.1 Å². The molecule has 0 aromatic carbocycles. The molecule has 2 atom stereocenters. The van der Waals surface area contributed by atoms with Gasteiger partial charge in [0.1, 0.15) is 0 Å². The summed E-state index contributed by atoms with van der Waals surface area (Å²) >= 11 is 5.16. The molecule has 0 saturated carbocycles. The Labute approximate surface area is 152 Å². The van der Waals surface area contributed by atoms with Crippen molar-refractivity contribution in [1.82, 2.24) is 4.90 Å². The molecule has 7 heteroatoms. The zero-order chi connectivity index (χ0) is 16.9. The molecule has 2 bridgehead atoms. The van der Waals surface area contributed by atoms with Gasteiger partial charge < -0.3 is 9.47 Å². The lowest BCUT2D eigenvalue weighted by Crippen LogP contribution is -2.55. The Hall–Kier alpha value is -1.44. The summed E-state index contributed by atoms with van der Waals surface area (Å²) in [7, 11) is 0. The van der Waals surface area contributed by atoms with Gasteiger partial charge in [0.15, 0.2) is 5.76 Å². The zero-order valence-corrected chi connectivity index (χ0v) is 15.5. The van der Waals surface area contributed by atoms with Crippen LogP contribution in [0.25, 0.3) is 5.57 Å². The van der Waals surface area contributed by atoms with Crippen LogP contribution in [0.4, 0.5) is 0 Å². The maximum Gasteiger partial charge on any atom is 0.336 e. The lowest BCUT2D eigenvalue weighted by Gasteiger charge is -2.44. The highest BCUT2D eigenvalue weighted by atomic mass is 79.9. The molecule has 2 unspecified atom stereocenters. The van der Waals surface area contributed by atoms with Gasteiger partial charge in [-0.3, -0.25) is 4.90 Å². The molecule has 3 aliphatic rings. The standard InChI is InChI=1S/C17H16BrNO4S/c1-2-19-10-5-7-17(19)16(22-13(20)3-4-14(21)23-17)11(9-10)15-12(18)6-8-24-15/h3-4,6,8,10H,2,5,7,9H2,1H3/b4-3+. The van der Waals surface area contributed by atoms with Crippen LogP contribution in [0.2, 0.25) is 0 Å². The van der Waals surface area contributed by atoms with Crippen molar-refractivity contribution in [3.8, 4) is 0 Å². The average Bonchev–Trinajstić information content (AvgIpc) is 3.08. The van der Waals surface area contributed by atoms with Crippen LogP contribution in [-0.4, -0.2) is 35.2 Å². The number of nitrogens with zero attached hydrogens (tertiary/aromatic N) is 1. The molecule has 4 rings (SSSR count). The normalized spacial score (nSPS) is 31.2. The molecule has 1 fully saturated rings. The van der Waals surface area contributed by atoms with Crippen molar-refractivity contribution in [3.63, 3.8) is 0 Å². The van der Waals surface area contributed by atoms with Gasteiger partial charge >= 0.3 is 11.9 Å². The molecule has 0 radical (unpaired) electrons. The van der Waals surface area contributed by atoms with Gasteiger partial charge in [0.05, 0.1) is 0 Å². The molecule has 5 nitrogen and oxygen atoms in total. The van der Waals surface area contributed by atoms with E-state index in [0.717, 1.165) is 46.5 Å².